The molecular formula is C19H26F3NO2. The molecule has 2 rings (SSSR count). The molecule has 0 aromatic heterocycles. The Kier molecular flexibility index (Phi) is 6.01. The Bertz CT molecular complexity index is 576. The Morgan fingerprint density at radius 3 is 2.36 bits per heavy atom. The molecule has 0 radical (unpaired) electrons. The molecule has 2 unspecified atom stereocenters. The first-order valence-corrected chi connectivity index (χ1v) is 8.65. The second-order valence-corrected chi connectivity index (χ2v) is 7.73. The molecule has 1 N–H and O–H groups in total. The smallest absolute Gasteiger partial charge is 0.391 e. The van der Waals surface area contributed by atoms with E-state index in [0.29, 0.717) is 18.6 Å². The summed E-state index contributed by atoms with van der Waals surface area (Å²) in [5, 5.41) is 2.66. The lowest BCUT2D eigenvalue weighted by molar-refractivity contribution is -0.184. The third-order valence-corrected chi connectivity index (χ3v) is 4.59. The fourth-order valence-electron chi connectivity index (χ4n) is 3.09. The summed E-state index contributed by atoms with van der Waals surface area (Å²) < 4.78 is 43.8. The van der Waals surface area contributed by atoms with Crippen LogP contribution in [0.5, 0.6) is 5.75 Å². The zero-order chi connectivity index (χ0) is 18.7. The van der Waals surface area contributed by atoms with Gasteiger partial charge in [0.05, 0.1) is 5.92 Å². The van der Waals surface area contributed by atoms with Gasteiger partial charge in [0.1, 0.15) is 5.75 Å². The number of benzene rings is 1. The molecule has 1 aliphatic rings. The van der Waals surface area contributed by atoms with Gasteiger partial charge in [0.2, 0.25) is 0 Å². The Labute approximate surface area is 146 Å². The van der Waals surface area contributed by atoms with Gasteiger partial charge >= 0.3 is 6.18 Å². The number of nitrogens with one attached hydrogen (secondary N) is 1. The number of carbonyl (C=O) groups excluding carboxylic acids is 1. The first-order valence-electron chi connectivity index (χ1n) is 8.65. The van der Waals surface area contributed by atoms with E-state index in [1.165, 1.54) is 0 Å². The van der Waals surface area contributed by atoms with Gasteiger partial charge in [-0.25, -0.2) is 0 Å². The van der Waals surface area contributed by atoms with Crippen LogP contribution in [-0.2, 0) is 10.2 Å². The molecule has 0 heterocycles. The van der Waals surface area contributed by atoms with Crippen molar-refractivity contribution in [2.75, 3.05) is 6.61 Å². The van der Waals surface area contributed by atoms with Gasteiger partial charge in [0.25, 0.3) is 5.91 Å². The van der Waals surface area contributed by atoms with Crippen LogP contribution in [0.1, 0.15) is 52.0 Å². The van der Waals surface area contributed by atoms with Crippen molar-refractivity contribution in [2.24, 2.45) is 5.92 Å². The van der Waals surface area contributed by atoms with E-state index in [4.69, 9.17) is 4.74 Å². The van der Waals surface area contributed by atoms with Gasteiger partial charge in [0, 0.05) is 6.04 Å². The van der Waals surface area contributed by atoms with E-state index in [0.717, 1.165) is 5.56 Å². The van der Waals surface area contributed by atoms with Crippen molar-refractivity contribution >= 4 is 5.91 Å². The molecular weight excluding hydrogens is 331 g/mol. The van der Waals surface area contributed by atoms with Crippen molar-refractivity contribution in [1.29, 1.82) is 0 Å². The molecule has 1 saturated carbocycles. The van der Waals surface area contributed by atoms with Crippen molar-refractivity contribution in [3.05, 3.63) is 29.8 Å². The van der Waals surface area contributed by atoms with Crippen LogP contribution in [-0.4, -0.2) is 24.7 Å². The quantitative estimate of drug-likeness (QED) is 0.855. The summed E-state index contributed by atoms with van der Waals surface area (Å²) in [7, 11) is 0. The van der Waals surface area contributed by atoms with E-state index >= 15 is 0 Å². The second kappa shape index (κ2) is 7.67. The maximum absolute atomic E-state index is 12.8. The fourth-order valence-corrected chi connectivity index (χ4v) is 3.09. The fraction of sp³-hybridized carbons (Fsp3) is 0.632. The molecule has 1 amide bonds. The highest BCUT2D eigenvalue weighted by Crippen LogP contribution is 2.37. The molecule has 1 fully saturated rings. The summed E-state index contributed by atoms with van der Waals surface area (Å²) in [5.74, 6) is -1.13. The Balaban J connectivity index is 1.80. The molecule has 25 heavy (non-hydrogen) atoms. The topological polar surface area (TPSA) is 38.3 Å². The first kappa shape index (κ1) is 19.6. The molecule has 0 saturated heterocycles. The number of hydrogen-bond acceptors (Lipinski definition) is 2. The highest BCUT2D eigenvalue weighted by molar-refractivity contribution is 5.77. The minimum Gasteiger partial charge on any atom is -0.484 e. The van der Waals surface area contributed by atoms with Gasteiger partial charge in [-0.3, -0.25) is 4.79 Å². The monoisotopic (exact) mass is 357 g/mol. The molecule has 1 aromatic rings. The second-order valence-electron chi connectivity index (χ2n) is 7.73. The zero-order valence-electron chi connectivity index (χ0n) is 15.0. The standard InChI is InChI=1S/C19H26F3NO2/c1-18(2,3)13-7-9-16(10-8-13)25-12-17(24)23-15-6-4-5-14(11-15)19(20,21)22/h7-10,14-15H,4-6,11-12H2,1-3H3,(H,23,24). The normalized spacial score (nSPS) is 21.7. The van der Waals surface area contributed by atoms with Crippen molar-refractivity contribution in [3.8, 4) is 5.75 Å². The van der Waals surface area contributed by atoms with E-state index in [1.807, 2.05) is 12.1 Å². The van der Waals surface area contributed by atoms with Crippen LogP contribution < -0.4 is 10.1 Å². The highest BCUT2D eigenvalue weighted by Gasteiger charge is 2.42. The van der Waals surface area contributed by atoms with Crippen LogP contribution >= 0.6 is 0 Å². The lowest BCUT2D eigenvalue weighted by Crippen LogP contribution is -2.43. The van der Waals surface area contributed by atoms with E-state index in [1.54, 1.807) is 12.1 Å². The van der Waals surface area contributed by atoms with E-state index in [2.05, 4.69) is 26.1 Å². The van der Waals surface area contributed by atoms with Gasteiger partial charge in [-0.15, -0.1) is 0 Å². The lowest BCUT2D eigenvalue weighted by Gasteiger charge is -2.31. The first-order chi connectivity index (χ1) is 11.6. The highest BCUT2D eigenvalue weighted by atomic mass is 19.4. The van der Waals surface area contributed by atoms with Crippen LogP contribution in [0.4, 0.5) is 13.2 Å². The largest absolute Gasteiger partial charge is 0.484 e. The number of carbonyl (C=O) groups is 1. The summed E-state index contributed by atoms with van der Waals surface area (Å²) in [5.41, 5.74) is 1.19. The van der Waals surface area contributed by atoms with Crippen LogP contribution in [0.3, 0.4) is 0 Å². The number of amides is 1. The molecule has 6 heteroatoms. The molecule has 140 valence electrons. The Hall–Kier alpha value is -1.72. The lowest BCUT2D eigenvalue weighted by atomic mass is 9.85. The summed E-state index contributed by atoms with van der Waals surface area (Å²) in [6.45, 7) is 6.13. The molecule has 0 bridgehead atoms. The van der Waals surface area contributed by atoms with Crippen molar-refractivity contribution in [3.63, 3.8) is 0 Å². The third-order valence-electron chi connectivity index (χ3n) is 4.59. The van der Waals surface area contributed by atoms with Gasteiger partial charge in [-0.05, 0) is 42.4 Å². The Morgan fingerprint density at radius 1 is 1.16 bits per heavy atom. The van der Waals surface area contributed by atoms with Gasteiger partial charge in [-0.2, -0.15) is 13.2 Å². The summed E-state index contributed by atoms with van der Waals surface area (Å²) in [6, 6.07) is 7.06. The number of rotatable bonds is 4. The van der Waals surface area contributed by atoms with Gasteiger partial charge in [0.15, 0.2) is 6.61 Å². The van der Waals surface area contributed by atoms with Crippen LogP contribution in [0.2, 0.25) is 0 Å². The Morgan fingerprint density at radius 2 is 1.80 bits per heavy atom. The minimum absolute atomic E-state index is 0.0336. The van der Waals surface area contributed by atoms with Crippen molar-refractivity contribution < 1.29 is 22.7 Å². The van der Waals surface area contributed by atoms with Crippen LogP contribution in [0.15, 0.2) is 24.3 Å². The number of ether oxygens (including phenoxy) is 1. The van der Waals surface area contributed by atoms with E-state index < -0.39 is 18.1 Å². The summed E-state index contributed by atoms with van der Waals surface area (Å²) >= 11 is 0. The SMILES string of the molecule is CC(C)(C)c1ccc(OCC(=O)NC2CCCC(C(F)(F)F)C2)cc1. The molecule has 2 atom stereocenters. The summed E-state index contributed by atoms with van der Waals surface area (Å²) in [4.78, 5) is 11.9. The van der Waals surface area contributed by atoms with Crippen molar-refractivity contribution in [2.45, 2.75) is 64.1 Å². The predicted molar refractivity (Wildman–Crippen MR) is 90.6 cm³/mol. The van der Waals surface area contributed by atoms with Crippen molar-refractivity contribution in [1.82, 2.24) is 5.32 Å². The third kappa shape index (κ3) is 5.94. The van der Waals surface area contributed by atoms with Gasteiger partial charge in [-0.1, -0.05) is 39.3 Å². The maximum atomic E-state index is 12.8. The van der Waals surface area contributed by atoms with Crippen LogP contribution in [0, 0.1) is 5.92 Å². The number of hydrogen-bond donors (Lipinski definition) is 1. The van der Waals surface area contributed by atoms with E-state index in [-0.39, 0.29) is 30.8 Å². The summed E-state index contributed by atoms with van der Waals surface area (Å²) in [6.07, 6.45) is -3.03. The molecule has 1 aromatic carbocycles. The van der Waals surface area contributed by atoms with E-state index in [9.17, 15) is 18.0 Å². The predicted octanol–water partition coefficient (Wildman–Crippen LogP) is 4.60. The van der Waals surface area contributed by atoms with Gasteiger partial charge < -0.3 is 10.1 Å². The average molecular weight is 357 g/mol. The minimum atomic E-state index is -4.19. The molecule has 3 nitrogen and oxygen atoms in total. The molecule has 1 aliphatic carbocycles. The molecule has 0 spiro atoms. The number of alkyl halides is 3. The maximum Gasteiger partial charge on any atom is 0.391 e. The zero-order valence-corrected chi connectivity index (χ0v) is 15.0. The number of halogens is 3. The van der Waals surface area contributed by atoms with Crippen LogP contribution in [0.25, 0.3) is 0 Å². The average Bonchev–Trinajstić information content (AvgIpc) is 2.52. The molecule has 0 aliphatic heterocycles.